The normalized spacial score (nSPS) is 12.0. The van der Waals surface area contributed by atoms with Gasteiger partial charge in [0.2, 0.25) is 10.0 Å². The number of anilines is 1. The Bertz CT molecular complexity index is 834. The van der Waals surface area contributed by atoms with Gasteiger partial charge in [0.15, 0.2) is 0 Å². The van der Waals surface area contributed by atoms with Crippen LogP contribution >= 0.6 is 11.3 Å². The van der Waals surface area contributed by atoms with Gasteiger partial charge in [-0.25, -0.2) is 8.42 Å². The van der Waals surface area contributed by atoms with Gasteiger partial charge in [0.05, 0.1) is 28.9 Å². The molecular formula is C15H15F3N2O3S2. The Balaban J connectivity index is 2.14. The first-order valence-electron chi connectivity index (χ1n) is 7.06. The molecule has 1 N–H and O–H groups in total. The van der Waals surface area contributed by atoms with E-state index in [-0.39, 0.29) is 24.7 Å². The van der Waals surface area contributed by atoms with E-state index in [2.05, 4.69) is 5.32 Å². The molecule has 0 aliphatic rings. The minimum atomic E-state index is -4.58. The Morgan fingerprint density at radius 3 is 2.52 bits per heavy atom. The van der Waals surface area contributed by atoms with E-state index in [4.69, 9.17) is 0 Å². The number of nitrogens with one attached hydrogen (secondary N) is 1. The van der Waals surface area contributed by atoms with E-state index in [1.165, 1.54) is 17.4 Å². The van der Waals surface area contributed by atoms with E-state index in [1.54, 1.807) is 17.5 Å². The summed E-state index contributed by atoms with van der Waals surface area (Å²) >= 11 is 1.23. The predicted octanol–water partition coefficient (Wildman–Crippen LogP) is 2.96. The molecule has 1 aromatic carbocycles. The second-order valence-corrected chi connectivity index (χ2v) is 7.97. The zero-order chi connectivity index (χ0) is 18.7. The second-order valence-electron chi connectivity index (χ2n) is 5.12. The molecule has 2 aromatic rings. The number of hydrogen-bond donors (Lipinski definition) is 1. The van der Waals surface area contributed by atoms with Crippen LogP contribution in [0.3, 0.4) is 0 Å². The van der Waals surface area contributed by atoms with Crippen LogP contribution in [-0.2, 0) is 16.2 Å². The molecule has 25 heavy (non-hydrogen) atoms. The molecule has 1 heterocycles. The van der Waals surface area contributed by atoms with Crippen LogP contribution in [0.2, 0.25) is 0 Å². The number of rotatable bonds is 6. The van der Waals surface area contributed by atoms with Gasteiger partial charge in [0.1, 0.15) is 0 Å². The Kier molecular flexibility index (Phi) is 5.73. The SMILES string of the molecule is CS(=O)(=O)N(CCNC(=O)c1cccs1)c1cccc(C(F)(F)F)c1. The Hall–Kier alpha value is -2.07. The van der Waals surface area contributed by atoms with Gasteiger partial charge in [-0.2, -0.15) is 13.2 Å². The number of amides is 1. The van der Waals surface area contributed by atoms with Crippen LogP contribution in [-0.4, -0.2) is 33.7 Å². The third-order valence-electron chi connectivity index (χ3n) is 3.21. The lowest BCUT2D eigenvalue weighted by atomic mass is 10.2. The molecule has 5 nitrogen and oxygen atoms in total. The Morgan fingerprint density at radius 1 is 1.24 bits per heavy atom. The number of thiophene rings is 1. The van der Waals surface area contributed by atoms with Crippen molar-refractivity contribution in [2.75, 3.05) is 23.7 Å². The van der Waals surface area contributed by atoms with Gasteiger partial charge < -0.3 is 5.32 Å². The molecule has 0 radical (unpaired) electrons. The molecule has 0 bridgehead atoms. The Labute approximate surface area is 147 Å². The standard InChI is InChI=1S/C15H15F3N2O3S2/c1-25(22,23)20(8-7-19-14(21)13-6-3-9-24-13)12-5-2-4-11(10-12)15(16,17)18/h2-6,9-10H,7-8H2,1H3,(H,19,21). The number of alkyl halides is 3. The van der Waals surface area contributed by atoms with Gasteiger partial charge in [0, 0.05) is 6.54 Å². The molecule has 136 valence electrons. The maximum atomic E-state index is 12.8. The minimum absolute atomic E-state index is 0.0416. The summed E-state index contributed by atoms with van der Waals surface area (Å²) in [6, 6.07) is 7.36. The summed E-state index contributed by atoms with van der Waals surface area (Å²) in [4.78, 5) is 12.3. The smallest absolute Gasteiger partial charge is 0.350 e. The predicted molar refractivity (Wildman–Crippen MR) is 90.3 cm³/mol. The van der Waals surface area contributed by atoms with Crippen LogP contribution in [0.25, 0.3) is 0 Å². The lowest BCUT2D eigenvalue weighted by Gasteiger charge is -2.23. The minimum Gasteiger partial charge on any atom is -0.350 e. The fourth-order valence-electron chi connectivity index (χ4n) is 2.09. The maximum absolute atomic E-state index is 12.8. The molecule has 0 fully saturated rings. The highest BCUT2D eigenvalue weighted by Crippen LogP contribution is 2.32. The molecule has 2 rings (SSSR count). The number of benzene rings is 1. The van der Waals surface area contributed by atoms with Crippen molar-refractivity contribution in [1.29, 1.82) is 0 Å². The number of halogens is 3. The van der Waals surface area contributed by atoms with Crippen molar-refractivity contribution in [3.63, 3.8) is 0 Å². The third kappa shape index (κ3) is 5.20. The lowest BCUT2D eigenvalue weighted by Crippen LogP contribution is -2.38. The highest BCUT2D eigenvalue weighted by Gasteiger charge is 2.31. The average molecular weight is 392 g/mol. The van der Waals surface area contributed by atoms with Crippen molar-refractivity contribution in [1.82, 2.24) is 5.32 Å². The molecule has 1 aromatic heterocycles. The van der Waals surface area contributed by atoms with E-state index >= 15 is 0 Å². The zero-order valence-corrected chi connectivity index (χ0v) is 14.7. The molecule has 0 spiro atoms. The number of carbonyl (C=O) groups is 1. The molecule has 1 amide bonds. The molecule has 0 saturated carbocycles. The van der Waals surface area contributed by atoms with Crippen molar-refractivity contribution >= 4 is 33.0 Å². The van der Waals surface area contributed by atoms with Gasteiger partial charge in [-0.1, -0.05) is 12.1 Å². The quantitative estimate of drug-likeness (QED) is 0.822. The highest BCUT2D eigenvalue weighted by atomic mass is 32.2. The monoisotopic (exact) mass is 392 g/mol. The number of hydrogen-bond acceptors (Lipinski definition) is 4. The highest BCUT2D eigenvalue weighted by molar-refractivity contribution is 7.92. The van der Waals surface area contributed by atoms with Crippen LogP contribution in [0.1, 0.15) is 15.2 Å². The summed E-state index contributed by atoms with van der Waals surface area (Å²) in [5.41, 5.74) is -1.05. The average Bonchev–Trinajstić information content (AvgIpc) is 3.04. The van der Waals surface area contributed by atoms with Gasteiger partial charge in [-0.3, -0.25) is 9.10 Å². The largest absolute Gasteiger partial charge is 0.416 e. The first-order chi connectivity index (χ1) is 11.6. The van der Waals surface area contributed by atoms with Crippen molar-refractivity contribution in [2.45, 2.75) is 6.18 Å². The summed E-state index contributed by atoms with van der Waals surface area (Å²) < 4.78 is 63.1. The van der Waals surface area contributed by atoms with E-state index in [9.17, 15) is 26.4 Å². The van der Waals surface area contributed by atoms with E-state index in [0.717, 1.165) is 28.8 Å². The summed E-state index contributed by atoms with van der Waals surface area (Å²) in [5, 5.41) is 4.27. The third-order valence-corrected chi connectivity index (χ3v) is 5.27. The first kappa shape index (κ1) is 19.3. The van der Waals surface area contributed by atoms with Gasteiger partial charge >= 0.3 is 6.18 Å². The summed E-state index contributed by atoms with van der Waals surface area (Å²) in [7, 11) is -3.81. The maximum Gasteiger partial charge on any atom is 0.416 e. The molecule has 0 aliphatic heterocycles. The molecule has 0 unspecified atom stereocenters. The van der Waals surface area contributed by atoms with Crippen molar-refractivity contribution in [3.8, 4) is 0 Å². The van der Waals surface area contributed by atoms with Gasteiger partial charge in [0.25, 0.3) is 5.91 Å². The number of nitrogens with zero attached hydrogens (tertiary/aromatic N) is 1. The topological polar surface area (TPSA) is 66.5 Å². The van der Waals surface area contributed by atoms with Crippen LogP contribution in [0, 0.1) is 0 Å². The fourth-order valence-corrected chi connectivity index (χ4v) is 3.65. The van der Waals surface area contributed by atoms with Crippen LogP contribution in [0.4, 0.5) is 18.9 Å². The van der Waals surface area contributed by atoms with E-state index in [1.807, 2.05) is 0 Å². The lowest BCUT2D eigenvalue weighted by molar-refractivity contribution is -0.137. The van der Waals surface area contributed by atoms with Crippen molar-refractivity contribution in [2.24, 2.45) is 0 Å². The van der Waals surface area contributed by atoms with Gasteiger partial charge in [-0.05, 0) is 29.6 Å². The van der Waals surface area contributed by atoms with Crippen LogP contribution < -0.4 is 9.62 Å². The molecule has 0 atom stereocenters. The summed E-state index contributed by atoms with van der Waals surface area (Å²) in [5.74, 6) is -0.368. The molecular weight excluding hydrogens is 377 g/mol. The summed E-state index contributed by atoms with van der Waals surface area (Å²) in [6.45, 7) is -0.225. The fraction of sp³-hybridized carbons (Fsp3) is 0.267. The van der Waals surface area contributed by atoms with Crippen LogP contribution in [0.5, 0.6) is 0 Å². The van der Waals surface area contributed by atoms with Crippen molar-refractivity contribution < 1.29 is 26.4 Å². The van der Waals surface area contributed by atoms with Crippen molar-refractivity contribution in [3.05, 3.63) is 52.2 Å². The number of sulfonamides is 1. The van der Waals surface area contributed by atoms with E-state index < -0.39 is 21.8 Å². The zero-order valence-electron chi connectivity index (χ0n) is 13.1. The second kappa shape index (κ2) is 7.44. The molecule has 10 heteroatoms. The summed E-state index contributed by atoms with van der Waals surface area (Å²) in [6.07, 6.45) is -3.68. The molecule has 0 aliphatic carbocycles. The van der Waals surface area contributed by atoms with Gasteiger partial charge in [-0.15, -0.1) is 11.3 Å². The van der Waals surface area contributed by atoms with E-state index in [0.29, 0.717) is 4.88 Å². The first-order valence-corrected chi connectivity index (χ1v) is 9.78. The number of carbonyl (C=O) groups excluding carboxylic acids is 1. The Morgan fingerprint density at radius 2 is 1.96 bits per heavy atom. The van der Waals surface area contributed by atoms with Crippen LogP contribution in [0.15, 0.2) is 41.8 Å². The molecule has 0 saturated heterocycles.